The number of anilines is 1. The van der Waals surface area contributed by atoms with Gasteiger partial charge in [0.1, 0.15) is 5.75 Å². The second-order valence-corrected chi connectivity index (χ2v) is 7.24. The van der Waals surface area contributed by atoms with Crippen molar-refractivity contribution in [2.24, 2.45) is 0 Å². The number of ether oxygens (including phenoxy) is 1. The second-order valence-electron chi connectivity index (χ2n) is 6.38. The van der Waals surface area contributed by atoms with Gasteiger partial charge < -0.3 is 4.74 Å². The third kappa shape index (κ3) is 5.61. The lowest BCUT2D eigenvalue weighted by molar-refractivity contribution is -0.384. The van der Waals surface area contributed by atoms with Crippen LogP contribution in [0.5, 0.6) is 5.75 Å². The van der Waals surface area contributed by atoms with Crippen LogP contribution in [0.25, 0.3) is 11.3 Å². The Balaban J connectivity index is 1.66. The number of carbonyl (C=O) groups excluding carboxylic acids is 1. The van der Waals surface area contributed by atoms with Gasteiger partial charge in [-0.3, -0.25) is 20.2 Å². The van der Waals surface area contributed by atoms with E-state index in [0.717, 1.165) is 19.3 Å². The van der Waals surface area contributed by atoms with Crippen LogP contribution in [-0.2, 0) is 0 Å². The van der Waals surface area contributed by atoms with Crippen LogP contribution in [0.2, 0.25) is 0 Å². The minimum Gasteiger partial charge on any atom is -0.494 e. The molecule has 8 heteroatoms. The number of aromatic nitrogens is 1. The summed E-state index contributed by atoms with van der Waals surface area (Å²) in [5.41, 5.74) is 1.67. The molecule has 150 valence electrons. The summed E-state index contributed by atoms with van der Waals surface area (Å²) in [6.07, 6.45) is 3.21. The number of carbonyl (C=O) groups is 1. The van der Waals surface area contributed by atoms with Crippen molar-refractivity contribution in [3.8, 4) is 17.0 Å². The van der Waals surface area contributed by atoms with Gasteiger partial charge in [-0.2, -0.15) is 0 Å². The Bertz CT molecular complexity index is 1000. The molecule has 0 fully saturated rings. The van der Waals surface area contributed by atoms with Crippen molar-refractivity contribution in [3.63, 3.8) is 0 Å². The third-order valence-corrected chi connectivity index (χ3v) is 4.95. The SMILES string of the molecule is CCCCCOc1cccc(C(=O)Nc2nc(-c3cccc([N+](=O)[O-])c3)cs2)c1. The Morgan fingerprint density at radius 1 is 1.21 bits per heavy atom. The maximum Gasteiger partial charge on any atom is 0.270 e. The number of hydrogen-bond donors (Lipinski definition) is 1. The quantitative estimate of drug-likeness (QED) is 0.283. The zero-order valence-electron chi connectivity index (χ0n) is 16.0. The first-order valence-electron chi connectivity index (χ1n) is 9.31. The number of thiazole rings is 1. The van der Waals surface area contributed by atoms with Gasteiger partial charge in [-0.15, -0.1) is 11.3 Å². The second kappa shape index (κ2) is 9.79. The van der Waals surface area contributed by atoms with Crippen LogP contribution in [0.4, 0.5) is 10.8 Å². The van der Waals surface area contributed by atoms with E-state index in [4.69, 9.17) is 4.74 Å². The van der Waals surface area contributed by atoms with Gasteiger partial charge in [0.2, 0.25) is 0 Å². The summed E-state index contributed by atoms with van der Waals surface area (Å²) in [6.45, 7) is 2.76. The highest BCUT2D eigenvalue weighted by Gasteiger charge is 2.13. The maximum absolute atomic E-state index is 12.5. The van der Waals surface area contributed by atoms with Crippen molar-refractivity contribution in [1.82, 2.24) is 4.98 Å². The van der Waals surface area contributed by atoms with Crippen molar-refractivity contribution >= 4 is 28.1 Å². The first-order valence-corrected chi connectivity index (χ1v) is 10.2. The van der Waals surface area contributed by atoms with E-state index < -0.39 is 4.92 Å². The molecule has 0 saturated carbocycles. The number of nitro groups is 1. The molecule has 0 aliphatic carbocycles. The molecule has 2 aromatic carbocycles. The first kappa shape index (κ1) is 20.5. The van der Waals surface area contributed by atoms with Crippen LogP contribution < -0.4 is 10.1 Å². The lowest BCUT2D eigenvalue weighted by atomic mass is 10.1. The molecule has 29 heavy (non-hydrogen) atoms. The van der Waals surface area contributed by atoms with Crippen molar-refractivity contribution in [3.05, 3.63) is 69.6 Å². The highest BCUT2D eigenvalue weighted by molar-refractivity contribution is 7.14. The van der Waals surface area contributed by atoms with Crippen LogP contribution >= 0.6 is 11.3 Å². The molecule has 1 amide bonds. The first-order chi connectivity index (χ1) is 14.1. The van der Waals surface area contributed by atoms with Gasteiger partial charge in [0.25, 0.3) is 11.6 Å². The summed E-state index contributed by atoms with van der Waals surface area (Å²) in [4.78, 5) is 27.4. The molecule has 0 spiro atoms. The Labute approximate surface area is 172 Å². The van der Waals surface area contributed by atoms with Gasteiger partial charge in [-0.05, 0) is 24.6 Å². The van der Waals surface area contributed by atoms with Crippen molar-refractivity contribution in [2.75, 3.05) is 11.9 Å². The third-order valence-electron chi connectivity index (χ3n) is 4.19. The van der Waals surface area contributed by atoms with Crippen LogP contribution in [0.15, 0.2) is 53.9 Å². The van der Waals surface area contributed by atoms with E-state index in [2.05, 4.69) is 17.2 Å². The molecule has 0 aliphatic rings. The monoisotopic (exact) mass is 411 g/mol. The average molecular weight is 411 g/mol. The minimum absolute atomic E-state index is 0.00293. The number of nitro benzene ring substituents is 1. The number of hydrogen-bond acceptors (Lipinski definition) is 6. The van der Waals surface area contributed by atoms with Gasteiger partial charge in [-0.25, -0.2) is 4.98 Å². The number of amides is 1. The van der Waals surface area contributed by atoms with E-state index in [0.29, 0.717) is 34.3 Å². The molecule has 0 unspecified atom stereocenters. The Morgan fingerprint density at radius 2 is 2.03 bits per heavy atom. The molecular formula is C21H21N3O4S. The van der Waals surface area contributed by atoms with E-state index in [1.807, 2.05) is 6.07 Å². The summed E-state index contributed by atoms with van der Waals surface area (Å²) < 4.78 is 5.69. The molecule has 3 aromatic rings. The molecule has 0 atom stereocenters. The number of benzene rings is 2. The van der Waals surface area contributed by atoms with E-state index in [9.17, 15) is 14.9 Å². The van der Waals surface area contributed by atoms with Crippen molar-refractivity contribution in [2.45, 2.75) is 26.2 Å². The molecule has 1 aromatic heterocycles. The van der Waals surface area contributed by atoms with Crippen LogP contribution in [0.3, 0.4) is 0 Å². The summed E-state index contributed by atoms with van der Waals surface area (Å²) >= 11 is 1.26. The molecule has 3 rings (SSSR count). The van der Waals surface area contributed by atoms with Gasteiger partial charge in [0.05, 0.1) is 17.2 Å². The smallest absolute Gasteiger partial charge is 0.270 e. The Kier molecular flexibility index (Phi) is 6.91. The van der Waals surface area contributed by atoms with E-state index in [1.54, 1.807) is 35.7 Å². The maximum atomic E-state index is 12.5. The minimum atomic E-state index is -0.449. The van der Waals surface area contributed by atoms with Gasteiger partial charge in [-0.1, -0.05) is 38.0 Å². The van der Waals surface area contributed by atoms with E-state index in [-0.39, 0.29) is 11.6 Å². The van der Waals surface area contributed by atoms with Gasteiger partial charge >= 0.3 is 0 Å². The summed E-state index contributed by atoms with van der Waals surface area (Å²) in [6, 6.07) is 13.3. The Hall–Kier alpha value is -3.26. The molecule has 0 saturated heterocycles. The molecular weight excluding hydrogens is 390 g/mol. The molecule has 1 N–H and O–H groups in total. The van der Waals surface area contributed by atoms with Crippen LogP contribution in [-0.4, -0.2) is 22.4 Å². The number of non-ortho nitro benzene ring substituents is 1. The fraction of sp³-hybridized carbons (Fsp3) is 0.238. The summed E-state index contributed by atoms with van der Waals surface area (Å²) in [5, 5.41) is 15.9. The zero-order valence-corrected chi connectivity index (χ0v) is 16.8. The van der Waals surface area contributed by atoms with E-state index >= 15 is 0 Å². The fourth-order valence-electron chi connectivity index (χ4n) is 2.68. The molecule has 0 radical (unpaired) electrons. The molecule has 0 bridgehead atoms. The predicted octanol–water partition coefficient (Wildman–Crippen LogP) is 5.54. The number of rotatable bonds is 9. The number of nitrogens with zero attached hydrogens (tertiary/aromatic N) is 2. The topological polar surface area (TPSA) is 94.4 Å². The largest absolute Gasteiger partial charge is 0.494 e. The fourth-order valence-corrected chi connectivity index (χ4v) is 3.40. The molecule has 7 nitrogen and oxygen atoms in total. The molecule has 0 aliphatic heterocycles. The van der Waals surface area contributed by atoms with Crippen molar-refractivity contribution in [1.29, 1.82) is 0 Å². The lowest BCUT2D eigenvalue weighted by Crippen LogP contribution is -2.11. The van der Waals surface area contributed by atoms with Crippen LogP contribution in [0, 0.1) is 10.1 Å². The predicted molar refractivity (Wildman–Crippen MR) is 114 cm³/mol. The number of unbranched alkanes of at least 4 members (excludes halogenated alkanes) is 2. The van der Waals surface area contributed by atoms with Gasteiger partial charge in [0.15, 0.2) is 5.13 Å². The van der Waals surface area contributed by atoms with E-state index in [1.165, 1.54) is 23.5 Å². The summed E-state index contributed by atoms with van der Waals surface area (Å²) in [7, 11) is 0. The lowest BCUT2D eigenvalue weighted by Gasteiger charge is -2.07. The van der Waals surface area contributed by atoms with Gasteiger partial charge in [0, 0.05) is 28.6 Å². The van der Waals surface area contributed by atoms with Crippen molar-refractivity contribution < 1.29 is 14.5 Å². The summed E-state index contributed by atoms with van der Waals surface area (Å²) in [5.74, 6) is 0.370. The average Bonchev–Trinajstić information content (AvgIpc) is 3.20. The zero-order chi connectivity index (χ0) is 20.6. The molecule has 1 heterocycles. The van der Waals surface area contributed by atoms with Crippen LogP contribution in [0.1, 0.15) is 36.5 Å². The Morgan fingerprint density at radius 3 is 2.83 bits per heavy atom. The standard InChI is InChI=1S/C21H21N3O4S/c1-2-3-4-11-28-18-10-6-8-16(13-18)20(25)23-21-22-19(14-29-21)15-7-5-9-17(12-15)24(26)27/h5-10,12-14H,2-4,11H2,1H3,(H,22,23,25). The highest BCUT2D eigenvalue weighted by Crippen LogP contribution is 2.28. The normalized spacial score (nSPS) is 10.5. The number of nitrogens with one attached hydrogen (secondary N) is 1. The highest BCUT2D eigenvalue weighted by atomic mass is 32.1.